The van der Waals surface area contributed by atoms with Crippen molar-refractivity contribution in [2.75, 3.05) is 13.2 Å². The van der Waals surface area contributed by atoms with Crippen molar-refractivity contribution in [2.24, 2.45) is 0 Å². The van der Waals surface area contributed by atoms with Crippen LogP contribution >= 0.6 is 0 Å². The lowest BCUT2D eigenvalue weighted by molar-refractivity contribution is -0.302. The second kappa shape index (κ2) is 32.5. The van der Waals surface area contributed by atoms with Crippen LogP contribution in [-0.2, 0) is 14.3 Å². The normalized spacial score (nSPS) is 22.7. The van der Waals surface area contributed by atoms with Gasteiger partial charge in [0.2, 0.25) is 5.91 Å². The van der Waals surface area contributed by atoms with Gasteiger partial charge in [-0.05, 0) is 64.2 Å². The number of nitrogens with one attached hydrogen (secondary N) is 1. The highest BCUT2D eigenvalue weighted by Crippen LogP contribution is 2.22. The minimum atomic E-state index is -1.57. The van der Waals surface area contributed by atoms with Gasteiger partial charge in [-0.2, -0.15) is 0 Å². The van der Waals surface area contributed by atoms with Crippen molar-refractivity contribution in [1.29, 1.82) is 0 Å². The van der Waals surface area contributed by atoms with E-state index in [2.05, 4.69) is 67.8 Å². The molecule has 7 atom stereocenters. The number of amides is 1. The molecule has 1 rings (SSSR count). The second-order valence-corrected chi connectivity index (χ2v) is 13.7. The molecular weight excluding hydrogens is 646 g/mol. The van der Waals surface area contributed by atoms with E-state index in [4.69, 9.17) is 9.47 Å². The first-order chi connectivity index (χ1) is 24.8. The molecule has 0 aromatic rings. The standard InChI is InChI=1S/C42H73NO8/c1-3-5-7-9-11-12-13-14-15-16-17-18-19-20-21-22-23-24-26-28-30-32-38(46)43-35(36(45)31-29-27-25-10-8-6-4-2)34-50-42-41(49)40(48)39(47)37(33-44)51-42/h8,10,13-14,16-17,19-20,29,31,35-37,39-42,44-45,47-49H,3-7,9,11-12,15,18,21-28,30,32-34H2,1-2H3,(H,43,46)/b10-8+,14-13-,17-16-,20-19-,31-29+. The summed E-state index contributed by atoms with van der Waals surface area (Å²) in [4.78, 5) is 12.8. The number of hydrogen-bond donors (Lipinski definition) is 6. The quantitative estimate of drug-likeness (QED) is 0.0324. The maximum atomic E-state index is 12.8. The molecule has 1 amide bonds. The lowest BCUT2D eigenvalue weighted by Gasteiger charge is -2.40. The molecule has 1 aliphatic heterocycles. The van der Waals surface area contributed by atoms with Gasteiger partial charge in [0.25, 0.3) is 0 Å². The number of hydrogen-bond acceptors (Lipinski definition) is 8. The van der Waals surface area contributed by atoms with E-state index < -0.39 is 49.5 Å². The van der Waals surface area contributed by atoms with Gasteiger partial charge in [0.15, 0.2) is 6.29 Å². The Morgan fingerprint density at radius 1 is 0.667 bits per heavy atom. The number of unbranched alkanes of at least 4 members (excludes halogenated alkanes) is 13. The van der Waals surface area contributed by atoms with Crippen LogP contribution in [0.3, 0.4) is 0 Å². The summed E-state index contributed by atoms with van der Waals surface area (Å²) in [5.41, 5.74) is 0. The van der Waals surface area contributed by atoms with E-state index in [-0.39, 0.29) is 12.5 Å². The first kappa shape index (κ1) is 46.9. The van der Waals surface area contributed by atoms with Crippen LogP contribution in [0.5, 0.6) is 0 Å². The van der Waals surface area contributed by atoms with Crippen molar-refractivity contribution in [1.82, 2.24) is 5.32 Å². The minimum Gasteiger partial charge on any atom is -0.394 e. The van der Waals surface area contributed by atoms with E-state index in [1.807, 2.05) is 6.08 Å². The predicted molar refractivity (Wildman–Crippen MR) is 207 cm³/mol. The summed E-state index contributed by atoms with van der Waals surface area (Å²) in [6, 6.07) is -0.827. The molecule has 1 aliphatic rings. The van der Waals surface area contributed by atoms with Gasteiger partial charge < -0.3 is 40.3 Å². The first-order valence-electron chi connectivity index (χ1n) is 20.0. The van der Waals surface area contributed by atoms with Gasteiger partial charge in [0, 0.05) is 6.42 Å². The largest absolute Gasteiger partial charge is 0.394 e. The monoisotopic (exact) mass is 720 g/mol. The lowest BCUT2D eigenvalue weighted by Crippen LogP contribution is -2.60. The Labute approximate surface area is 309 Å². The zero-order valence-electron chi connectivity index (χ0n) is 31.8. The Hall–Kier alpha value is -2.11. The molecule has 0 aromatic carbocycles. The Morgan fingerprint density at radius 3 is 1.84 bits per heavy atom. The average Bonchev–Trinajstić information content (AvgIpc) is 3.13. The number of rotatable bonds is 31. The van der Waals surface area contributed by atoms with Crippen LogP contribution in [-0.4, -0.2) is 87.5 Å². The number of aliphatic hydroxyl groups excluding tert-OH is 5. The van der Waals surface area contributed by atoms with Crippen LogP contribution in [0.15, 0.2) is 60.8 Å². The molecule has 0 spiro atoms. The van der Waals surface area contributed by atoms with Crippen LogP contribution in [0.2, 0.25) is 0 Å². The molecule has 51 heavy (non-hydrogen) atoms. The maximum absolute atomic E-state index is 12.8. The summed E-state index contributed by atoms with van der Waals surface area (Å²) in [6.45, 7) is 3.59. The van der Waals surface area contributed by atoms with Gasteiger partial charge in [0.05, 0.1) is 25.4 Å². The second-order valence-electron chi connectivity index (χ2n) is 13.7. The molecule has 7 unspecified atom stereocenters. The van der Waals surface area contributed by atoms with Gasteiger partial charge in [-0.15, -0.1) is 0 Å². The summed E-state index contributed by atoms with van der Waals surface area (Å²) in [5, 5.41) is 53.7. The molecule has 0 saturated carbocycles. The molecular formula is C42H73NO8. The van der Waals surface area contributed by atoms with Crippen molar-refractivity contribution in [3.8, 4) is 0 Å². The van der Waals surface area contributed by atoms with Crippen molar-refractivity contribution < 1.29 is 39.8 Å². The van der Waals surface area contributed by atoms with Gasteiger partial charge >= 0.3 is 0 Å². The SMILES string of the molecule is CCC/C=C/CC/C=C/C(O)C(COC1OC(CO)C(O)C(O)C1O)NC(=O)CCCCCCCC/C=C\C/C=C\C/C=C\CCCCCCC. The van der Waals surface area contributed by atoms with E-state index >= 15 is 0 Å². The van der Waals surface area contributed by atoms with E-state index in [1.54, 1.807) is 6.08 Å². The van der Waals surface area contributed by atoms with Crippen LogP contribution in [0.4, 0.5) is 0 Å². The third-order valence-electron chi connectivity index (χ3n) is 9.05. The van der Waals surface area contributed by atoms with E-state index in [9.17, 15) is 30.3 Å². The zero-order valence-corrected chi connectivity index (χ0v) is 31.8. The molecule has 0 bridgehead atoms. The number of aliphatic hydroxyl groups is 5. The molecule has 9 heteroatoms. The Morgan fingerprint density at radius 2 is 1.22 bits per heavy atom. The van der Waals surface area contributed by atoms with Crippen molar-refractivity contribution >= 4 is 5.91 Å². The summed E-state index contributed by atoms with van der Waals surface area (Å²) in [5.74, 6) is -0.208. The lowest BCUT2D eigenvalue weighted by atomic mass is 9.99. The molecule has 0 radical (unpaired) electrons. The molecule has 1 fully saturated rings. The summed E-state index contributed by atoms with van der Waals surface area (Å²) in [7, 11) is 0. The van der Waals surface area contributed by atoms with Crippen LogP contribution in [0.1, 0.15) is 142 Å². The number of ether oxygens (including phenoxy) is 2. The van der Waals surface area contributed by atoms with Gasteiger partial charge in [-0.3, -0.25) is 4.79 Å². The molecule has 0 aliphatic carbocycles. The third-order valence-corrected chi connectivity index (χ3v) is 9.05. The third kappa shape index (κ3) is 24.0. The zero-order chi connectivity index (χ0) is 37.4. The van der Waals surface area contributed by atoms with E-state index in [1.165, 1.54) is 44.9 Å². The van der Waals surface area contributed by atoms with Crippen molar-refractivity contribution in [2.45, 2.75) is 185 Å². The summed E-state index contributed by atoms with van der Waals surface area (Å²) >= 11 is 0. The Balaban J connectivity index is 2.33. The highest BCUT2D eigenvalue weighted by atomic mass is 16.7. The highest BCUT2D eigenvalue weighted by molar-refractivity contribution is 5.76. The van der Waals surface area contributed by atoms with E-state index in [0.717, 1.165) is 77.0 Å². The number of carbonyl (C=O) groups excluding carboxylic acids is 1. The van der Waals surface area contributed by atoms with Crippen molar-refractivity contribution in [3.05, 3.63) is 60.8 Å². The maximum Gasteiger partial charge on any atom is 0.220 e. The molecule has 6 N–H and O–H groups in total. The molecule has 0 aromatic heterocycles. The fourth-order valence-corrected chi connectivity index (χ4v) is 5.77. The highest BCUT2D eigenvalue weighted by Gasteiger charge is 2.44. The van der Waals surface area contributed by atoms with Crippen LogP contribution in [0, 0.1) is 0 Å². The van der Waals surface area contributed by atoms with E-state index in [0.29, 0.717) is 6.42 Å². The Kier molecular flexibility index (Phi) is 29.9. The van der Waals surface area contributed by atoms with Gasteiger partial charge in [0.1, 0.15) is 24.4 Å². The van der Waals surface area contributed by atoms with Gasteiger partial charge in [-0.25, -0.2) is 0 Å². The summed E-state index contributed by atoms with van der Waals surface area (Å²) < 4.78 is 11.1. The number of carbonyl (C=O) groups is 1. The van der Waals surface area contributed by atoms with Gasteiger partial charge in [-0.1, -0.05) is 132 Å². The molecule has 1 saturated heterocycles. The fraction of sp³-hybridized carbons (Fsp3) is 0.738. The minimum absolute atomic E-state index is 0.208. The fourth-order valence-electron chi connectivity index (χ4n) is 5.77. The van der Waals surface area contributed by atoms with Crippen LogP contribution in [0.25, 0.3) is 0 Å². The Bertz CT molecular complexity index is 978. The molecule has 9 nitrogen and oxygen atoms in total. The smallest absolute Gasteiger partial charge is 0.220 e. The molecule has 1 heterocycles. The van der Waals surface area contributed by atoms with Crippen LogP contribution < -0.4 is 5.32 Å². The number of allylic oxidation sites excluding steroid dienone is 9. The topological polar surface area (TPSA) is 149 Å². The predicted octanol–water partition coefficient (Wildman–Crippen LogP) is 7.27. The van der Waals surface area contributed by atoms with Crippen molar-refractivity contribution in [3.63, 3.8) is 0 Å². The average molecular weight is 720 g/mol. The molecule has 294 valence electrons. The summed E-state index contributed by atoms with van der Waals surface area (Å²) in [6.07, 6.45) is 34.3. The first-order valence-corrected chi connectivity index (χ1v) is 20.0.